The molecule has 1 aromatic heterocycles. The minimum atomic E-state index is -0.151. The summed E-state index contributed by atoms with van der Waals surface area (Å²) in [4.78, 5) is 25.8. The molecule has 116 valence electrons. The van der Waals surface area contributed by atoms with Crippen molar-refractivity contribution in [1.82, 2.24) is 14.7 Å². The Morgan fingerprint density at radius 2 is 2.14 bits per heavy atom. The van der Waals surface area contributed by atoms with Crippen molar-refractivity contribution in [2.45, 2.75) is 33.2 Å². The van der Waals surface area contributed by atoms with Crippen LogP contribution in [0.25, 0.3) is 0 Å². The minimum absolute atomic E-state index is 0.00839. The number of amides is 1. The highest BCUT2D eigenvalue weighted by Gasteiger charge is 2.23. The van der Waals surface area contributed by atoms with Crippen LogP contribution in [0.5, 0.6) is 0 Å². The Kier molecular flexibility index (Phi) is 5.39. The zero-order chi connectivity index (χ0) is 15.4. The van der Waals surface area contributed by atoms with Gasteiger partial charge in [0.05, 0.1) is 18.4 Å². The molecule has 0 saturated heterocycles. The summed E-state index contributed by atoms with van der Waals surface area (Å²) in [5, 5.41) is 7.15. The van der Waals surface area contributed by atoms with Crippen LogP contribution in [0.4, 0.5) is 5.69 Å². The maximum atomic E-state index is 12.2. The Hall–Kier alpha value is -1.37. The quantitative estimate of drug-likeness (QED) is 0.807. The fourth-order valence-electron chi connectivity index (χ4n) is 2.12. The van der Waals surface area contributed by atoms with Crippen LogP contribution < -0.4 is 10.9 Å². The summed E-state index contributed by atoms with van der Waals surface area (Å²) in [6.07, 6.45) is 3.94. The molecule has 1 fully saturated rings. The fraction of sp³-hybridized carbons (Fsp3) is 0.643. The highest BCUT2D eigenvalue weighted by atomic mass is 79.9. The molecule has 0 aromatic carbocycles. The van der Waals surface area contributed by atoms with Crippen molar-refractivity contribution in [3.05, 3.63) is 21.0 Å². The first-order valence-corrected chi connectivity index (χ1v) is 8.13. The largest absolute Gasteiger partial charge is 0.374 e. The SMILES string of the molecule is CCN(CC)C(=O)CNc1cnn(CC2CC2)c(=O)c1Br. The molecule has 1 N–H and O–H groups in total. The van der Waals surface area contributed by atoms with Crippen molar-refractivity contribution in [3.8, 4) is 0 Å². The van der Waals surface area contributed by atoms with Gasteiger partial charge in [-0.15, -0.1) is 0 Å². The van der Waals surface area contributed by atoms with Gasteiger partial charge in [-0.3, -0.25) is 9.59 Å². The molecular weight excluding hydrogens is 336 g/mol. The van der Waals surface area contributed by atoms with Gasteiger partial charge in [0, 0.05) is 19.6 Å². The van der Waals surface area contributed by atoms with E-state index in [9.17, 15) is 9.59 Å². The molecule has 6 nitrogen and oxygen atoms in total. The third kappa shape index (κ3) is 4.06. The van der Waals surface area contributed by atoms with E-state index < -0.39 is 0 Å². The Bertz CT molecular complexity index is 565. The van der Waals surface area contributed by atoms with Crippen molar-refractivity contribution < 1.29 is 4.79 Å². The van der Waals surface area contributed by atoms with Crippen LogP contribution in [0.1, 0.15) is 26.7 Å². The van der Waals surface area contributed by atoms with Crippen LogP contribution in [-0.4, -0.2) is 40.2 Å². The molecule has 0 atom stereocenters. The molecule has 1 aliphatic rings. The lowest BCUT2D eigenvalue weighted by Gasteiger charge is -2.19. The summed E-state index contributed by atoms with van der Waals surface area (Å²) < 4.78 is 1.92. The van der Waals surface area contributed by atoms with E-state index in [0.29, 0.717) is 35.7 Å². The van der Waals surface area contributed by atoms with Gasteiger partial charge in [-0.05, 0) is 48.5 Å². The van der Waals surface area contributed by atoms with Crippen molar-refractivity contribution in [2.75, 3.05) is 25.0 Å². The van der Waals surface area contributed by atoms with Gasteiger partial charge in [0.1, 0.15) is 4.47 Å². The van der Waals surface area contributed by atoms with Gasteiger partial charge in [0.15, 0.2) is 0 Å². The number of halogens is 1. The topological polar surface area (TPSA) is 67.2 Å². The van der Waals surface area contributed by atoms with E-state index >= 15 is 0 Å². The van der Waals surface area contributed by atoms with Crippen molar-refractivity contribution in [1.29, 1.82) is 0 Å². The van der Waals surface area contributed by atoms with Crippen molar-refractivity contribution in [2.24, 2.45) is 5.92 Å². The average molecular weight is 357 g/mol. The normalized spacial score (nSPS) is 14.0. The predicted octanol–water partition coefficient (Wildman–Crippen LogP) is 1.70. The lowest BCUT2D eigenvalue weighted by molar-refractivity contribution is -0.128. The number of nitrogens with one attached hydrogen (secondary N) is 1. The summed E-state index contributed by atoms with van der Waals surface area (Å²) in [6, 6.07) is 0. The number of carbonyl (C=O) groups excluding carboxylic acids is 1. The molecule has 1 amide bonds. The second kappa shape index (κ2) is 7.06. The summed E-state index contributed by atoms with van der Waals surface area (Å²) in [5.41, 5.74) is 0.412. The zero-order valence-corrected chi connectivity index (χ0v) is 14.0. The van der Waals surface area contributed by atoms with Gasteiger partial charge in [0.2, 0.25) is 5.91 Å². The summed E-state index contributed by atoms with van der Waals surface area (Å²) in [5.74, 6) is 0.596. The van der Waals surface area contributed by atoms with E-state index in [1.165, 1.54) is 17.5 Å². The van der Waals surface area contributed by atoms with E-state index in [-0.39, 0.29) is 18.0 Å². The molecule has 1 aromatic rings. The molecule has 21 heavy (non-hydrogen) atoms. The maximum absolute atomic E-state index is 12.2. The van der Waals surface area contributed by atoms with Crippen LogP contribution in [0, 0.1) is 5.92 Å². The Morgan fingerprint density at radius 3 is 2.71 bits per heavy atom. The maximum Gasteiger partial charge on any atom is 0.283 e. The van der Waals surface area contributed by atoms with E-state index in [0.717, 1.165) is 0 Å². The van der Waals surface area contributed by atoms with E-state index in [4.69, 9.17) is 0 Å². The fourth-order valence-corrected chi connectivity index (χ4v) is 2.57. The highest BCUT2D eigenvalue weighted by molar-refractivity contribution is 9.10. The second-order valence-corrected chi connectivity index (χ2v) is 6.02. The van der Waals surface area contributed by atoms with Gasteiger partial charge in [-0.1, -0.05) is 0 Å². The molecule has 0 spiro atoms. The molecule has 1 saturated carbocycles. The van der Waals surface area contributed by atoms with Crippen LogP contribution in [0.2, 0.25) is 0 Å². The molecule has 1 aliphatic carbocycles. The predicted molar refractivity (Wildman–Crippen MR) is 85.3 cm³/mol. The van der Waals surface area contributed by atoms with E-state index in [1.54, 1.807) is 11.1 Å². The smallest absolute Gasteiger partial charge is 0.283 e. The molecule has 7 heteroatoms. The number of rotatable bonds is 7. The number of nitrogens with zero attached hydrogens (tertiary/aromatic N) is 3. The van der Waals surface area contributed by atoms with Gasteiger partial charge >= 0.3 is 0 Å². The first-order valence-electron chi connectivity index (χ1n) is 7.34. The van der Waals surface area contributed by atoms with Gasteiger partial charge < -0.3 is 10.2 Å². The lowest BCUT2D eigenvalue weighted by atomic mass is 10.4. The van der Waals surface area contributed by atoms with Gasteiger partial charge in [-0.25, -0.2) is 4.68 Å². The molecule has 2 rings (SSSR count). The minimum Gasteiger partial charge on any atom is -0.374 e. The van der Waals surface area contributed by atoms with Crippen LogP contribution in [-0.2, 0) is 11.3 Å². The molecular formula is C14H21BrN4O2. The highest BCUT2D eigenvalue weighted by Crippen LogP contribution is 2.30. The Morgan fingerprint density at radius 1 is 1.48 bits per heavy atom. The number of carbonyl (C=O) groups is 1. The molecule has 0 unspecified atom stereocenters. The van der Waals surface area contributed by atoms with Crippen LogP contribution in [0.15, 0.2) is 15.5 Å². The standard InChI is InChI=1S/C14H21BrN4O2/c1-3-18(4-2)12(20)8-16-11-7-17-19(9-10-5-6-10)14(21)13(11)15/h7,10,16H,3-6,8-9H2,1-2H3. The summed E-state index contributed by atoms with van der Waals surface area (Å²) in [6.45, 7) is 6.08. The van der Waals surface area contributed by atoms with Gasteiger partial charge in [-0.2, -0.15) is 5.10 Å². The van der Waals surface area contributed by atoms with Crippen molar-refractivity contribution in [3.63, 3.8) is 0 Å². The number of hydrogen-bond donors (Lipinski definition) is 1. The third-order valence-corrected chi connectivity index (χ3v) is 4.43. The number of anilines is 1. The Balaban J connectivity index is 2.02. The number of likely N-dealkylation sites (N-methyl/N-ethyl adjacent to an activating group) is 1. The lowest BCUT2D eigenvalue weighted by Crippen LogP contribution is -2.35. The molecule has 0 aliphatic heterocycles. The summed E-state index contributed by atoms with van der Waals surface area (Å²) >= 11 is 3.30. The molecule has 1 heterocycles. The third-order valence-electron chi connectivity index (χ3n) is 3.66. The van der Waals surface area contributed by atoms with Crippen LogP contribution in [0.3, 0.4) is 0 Å². The summed E-state index contributed by atoms with van der Waals surface area (Å²) in [7, 11) is 0. The zero-order valence-electron chi connectivity index (χ0n) is 12.4. The number of aromatic nitrogens is 2. The molecule has 0 radical (unpaired) electrons. The van der Waals surface area contributed by atoms with E-state index in [2.05, 4.69) is 26.3 Å². The Labute approximate surface area is 132 Å². The molecule has 0 bridgehead atoms. The second-order valence-electron chi connectivity index (χ2n) is 5.22. The van der Waals surface area contributed by atoms with Crippen LogP contribution >= 0.6 is 15.9 Å². The first-order chi connectivity index (χ1) is 10.1. The first kappa shape index (κ1) is 16.0. The number of hydrogen-bond acceptors (Lipinski definition) is 4. The van der Waals surface area contributed by atoms with E-state index in [1.807, 2.05) is 13.8 Å². The van der Waals surface area contributed by atoms with Crippen molar-refractivity contribution >= 4 is 27.5 Å². The average Bonchev–Trinajstić information content (AvgIpc) is 3.28. The monoisotopic (exact) mass is 356 g/mol. The van der Waals surface area contributed by atoms with Gasteiger partial charge in [0.25, 0.3) is 5.56 Å².